The van der Waals surface area contributed by atoms with Crippen molar-refractivity contribution in [3.05, 3.63) is 66.0 Å². The Bertz CT molecular complexity index is 561. The van der Waals surface area contributed by atoms with Crippen molar-refractivity contribution in [3.8, 4) is 0 Å². The molecule has 0 spiro atoms. The molecule has 0 N–H and O–H groups in total. The molecule has 0 amide bonds. The zero-order chi connectivity index (χ0) is 12.4. The van der Waals surface area contributed by atoms with Gasteiger partial charge in [0.1, 0.15) is 5.82 Å². The van der Waals surface area contributed by atoms with Crippen molar-refractivity contribution in [1.29, 1.82) is 0 Å². The van der Waals surface area contributed by atoms with Gasteiger partial charge in [-0.1, -0.05) is 30.3 Å². The van der Waals surface area contributed by atoms with E-state index in [1.54, 1.807) is 12.1 Å². The van der Waals surface area contributed by atoms with Gasteiger partial charge in [-0.3, -0.25) is 5.01 Å². The van der Waals surface area contributed by atoms with Gasteiger partial charge in [0, 0.05) is 13.0 Å². The minimum absolute atomic E-state index is 0.211. The molecule has 3 rings (SSSR count). The molecule has 0 radical (unpaired) electrons. The van der Waals surface area contributed by atoms with E-state index in [0.717, 1.165) is 29.9 Å². The molecule has 2 nitrogen and oxygen atoms in total. The van der Waals surface area contributed by atoms with Gasteiger partial charge in [-0.15, -0.1) is 0 Å². The number of benzene rings is 2. The molecule has 3 heteroatoms. The summed E-state index contributed by atoms with van der Waals surface area (Å²) < 4.78 is 12.9. The monoisotopic (exact) mass is 240 g/mol. The van der Waals surface area contributed by atoms with Crippen LogP contribution in [0.1, 0.15) is 12.0 Å². The summed E-state index contributed by atoms with van der Waals surface area (Å²) in [6, 6.07) is 16.6. The van der Waals surface area contributed by atoms with E-state index in [1.807, 2.05) is 35.3 Å². The lowest BCUT2D eigenvalue weighted by atomic mass is 10.1. The van der Waals surface area contributed by atoms with Crippen LogP contribution < -0.4 is 5.01 Å². The maximum atomic E-state index is 12.9. The zero-order valence-electron chi connectivity index (χ0n) is 9.88. The van der Waals surface area contributed by atoms with Crippen LogP contribution >= 0.6 is 0 Å². The lowest BCUT2D eigenvalue weighted by Crippen LogP contribution is -2.11. The molecule has 0 atom stereocenters. The zero-order valence-corrected chi connectivity index (χ0v) is 9.88. The average molecular weight is 240 g/mol. The quantitative estimate of drug-likeness (QED) is 0.785. The number of halogens is 1. The first-order chi connectivity index (χ1) is 8.83. The van der Waals surface area contributed by atoms with Gasteiger partial charge in [0.05, 0.1) is 11.4 Å². The minimum atomic E-state index is -0.211. The van der Waals surface area contributed by atoms with E-state index in [0.29, 0.717) is 0 Å². The van der Waals surface area contributed by atoms with Crippen molar-refractivity contribution in [1.82, 2.24) is 0 Å². The number of nitrogens with zero attached hydrogens (tertiary/aromatic N) is 2. The summed E-state index contributed by atoms with van der Waals surface area (Å²) in [5.41, 5.74) is 3.10. The third-order valence-electron chi connectivity index (χ3n) is 3.03. The molecule has 0 bridgehead atoms. The highest BCUT2D eigenvalue weighted by Crippen LogP contribution is 2.21. The second kappa shape index (κ2) is 4.61. The molecule has 0 saturated heterocycles. The minimum Gasteiger partial charge on any atom is -0.265 e. The molecule has 2 aromatic rings. The summed E-state index contributed by atoms with van der Waals surface area (Å²) in [5.74, 6) is -0.211. The van der Waals surface area contributed by atoms with Crippen molar-refractivity contribution < 1.29 is 4.39 Å². The van der Waals surface area contributed by atoms with Gasteiger partial charge < -0.3 is 0 Å². The van der Waals surface area contributed by atoms with Crippen LogP contribution in [0.25, 0.3) is 0 Å². The van der Waals surface area contributed by atoms with Crippen LogP contribution in [0.2, 0.25) is 0 Å². The topological polar surface area (TPSA) is 15.6 Å². The summed E-state index contributed by atoms with van der Waals surface area (Å²) in [5, 5.41) is 6.57. The fourth-order valence-corrected chi connectivity index (χ4v) is 2.09. The van der Waals surface area contributed by atoms with Crippen molar-refractivity contribution in [2.75, 3.05) is 11.6 Å². The number of hydrogen-bond acceptors (Lipinski definition) is 2. The number of hydrazone groups is 1. The Morgan fingerprint density at radius 3 is 2.39 bits per heavy atom. The molecular weight excluding hydrogens is 227 g/mol. The lowest BCUT2D eigenvalue weighted by Gasteiger charge is -2.12. The first-order valence-electron chi connectivity index (χ1n) is 5.99. The van der Waals surface area contributed by atoms with E-state index in [-0.39, 0.29) is 5.82 Å². The fourth-order valence-electron chi connectivity index (χ4n) is 2.09. The van der Waals surface area contributed by atoms with E-state index >= 15 is 0 Å². The molecule has 0 saturated carbocycles. The highest BCUT2D eigenvalue weighted by Gasteiger charge is 2.16. The fraction of sp³-hybridized carbons (Fsp3) is 0.133. The second-order valence-electron chi connectivity index (χ2n) is 4.26. The van der Waals surface area contributed by atoms with Crippen LogP contribution in [0, 0.1) is 5.82 Å². The molecule has 18 heavy (non-hydrogen) atoms. The lowest BCUT2D eigenvalue weighted by molar-refractivity contribution is 0.628. The SMILES string of the molecule is Fc1ccc(C2=NN(c3ccccc3)CC2)cc1. The molecule has 2 aromatic carbocycles. The number of hydrogen-bond donors (Lipinski definition) is 0. The smallest absolute Gasteiger partial charge is 0.123 e. The third-order valence-corrected chi connectivity index (χ3v) is 3.03. The number of para-hydroxylation sites is 1. The van der Waals surface area contributed by atoms with Crippen LogP contribution in [0.4, 0.5) is 10.1 Å². The first-order valence-corrected chi connectivity index (χ1v) is 5.99. The van der Waals surface area contributed by atoms with E-state index in [4.69, 9.17) is 0 Å². The average Bonchev–Trinajstić information content (AvgIpc) is 2.90. The molecule has 90 valence electrons. The predicted octanol–water partition coefficient (Wildman–Crippen LogP) is 3.44. The largest absolute Gasteiger partial charge is 0.265 e. The van der Waals surface area contributed by atoms with Crippen LogP contribution in [0.3, 0.4) is 0 Å². The Kier molecular flexibility index (Phi) is 2.81. The van der Waals surface area contributed by atoms with Crippen LogP contribution in [-0.2, 0) is 0 Å². The normalized spacial score (nSPS) is 14.7. The van der Waals surface area contributed by atoms with Gasteiger partial charge in [0.15, 0.2) is 0 Å². The van der Waals surface area contributed by atoms with Crippen LogP contribution in [0.5, 0.6) is 0 Å². The third kappa shape index (κ3) is 2.12. The van der Waals surface area contributed by atoms with Crippen molar-refractivity contribution in [2.45, 2.75) is 6.42 Å². The Balaban J connectivity index is 1.86. The van der Waals surface area contributed by atoms with Crippen LogP contribution in [-0.4, -0.2) is 12.3 Å². The van der Waals surface area contributed by atoms with E-state index in [2.05, 4.69) is 5.10 Å². The standard InChI is InChI=1S/C15H13FN2/c16-13-8-6-12(7-9-13)15-10-11-18(17-15)14-4-2-1-3-5-14/h1-9H,10-11H2. The van der Waals surface area contributed by atoms with Gasteiger partial charge in [0.2, 0.25) is 0 Å². The molecule has 1 aliphatic rings. The molecule has 0 aromatic heterocycles. The molecule has 0 unspecified atom stereocenters. The van der Waals surface area contributed by atoms with Gasteiger partial charge in [-0.05, 0) is 29.8 Å². The molecule has 0 aliphatic carbocycles. The van der Waals surface area contributed by atoms with Gasteiger partial charge in [-0.25, -0.2) is 4.39 Å². The van der Waals surface area contributed by atoms with E-state index in [9.17, 15) is 4.39 Å². The Labute approximate surface area is 105 Å². The first kappa shape index (κ1) is 11.0. The highest BCUT2D eigenvalue weighted by atomic mass is 19.1. The maximum Gasteiger partial charge on any atom is 0.123 e. The van der Waals surface area contributed by atoms with Crippen LogP contribution in [0.15, 0.2) is 59.7 Å². The van der Waals surface area contributed by atoms with E-state index < -0.39 is 0 Å². The summed E-state index contributed by atoms with van der Waals surface area (Å²) in [4.78, 5) is 0. The van der Waals surface area contributed by atoms with Gasteiger partial charge in [0.25, 0.3) is 0 Å². The number of anilines is 1. The molecule has 1 aliphatic heterocycles. The van der Waals surface area contributed by atoms with Crippen molar-refractivity contribution in [3.63, 3.8) is 0 Å². The maximum absolute atomic E-state index is 12.9. The summed E-state index contributed by atoms with van der Waals surface area (Å²) >= 11 is 0. The van der Waals surface area contributed by atoms with Gasteiger partial charge in [-0.2, -0.15) is 5.10 Å². The van der Waals surface area contributed by atoms with E-state index in [1.165, 1.54) is 12.1 Å². The molecule has 0 fully saturated rings. The van der Waals surface area contributed by atoms with Crippen molar-refractivity contribution in [2.24, 2.45) is 5.10 Å². The van der Waals surface area contributed by atoms with Gasteiger partial charge >= 0.3 is 0 Å². The highest BCUT2D eigenvalue weighted by molar-refractivity contribution is 6.02. The Hall–Kier alpha value is -2.16. The Morgan fingerprint density at radius 1 is 0.944 bits per heavy atom. The summed E-state index contributed by atoms with van der Waals surface area (Å²) in [6.07, 6.45) is 0.889. The predicted molar refractivity (Wildman–Crippen MR) is 71.3 cm³/mol. The summed E-state index contributed by atoms with van der Waals surface area (Å²) in [6.45, 7) is 0.872. The summed E-state index contributed by atoms with van der Waals surface area (Å²) in [7, 11) is 0. The Morgan fingerprint density at radius 2 is 1.67 bits per heavy atom. The molecule has 1 heterocycles. The van der Waals surface area contributed by atoms with Crippen molar-refractivity contribution >= 4 is 11.4 Å². The number of rotatable bonds is 2. The second-order valence-corrected chi connectivity index (χ2v) is 4.26. The molecular formula is C15H13FN2.